The molecule has 10 heteroatoms. The summed E-state index contributed by atoms with van der Waals surface area (Å²) in [6.07, 6.45) is 12.5. The number of fused-ring (bicyclic) bond motifs is 1. The zero-order valence-electron chi connectivity index (χ0n) is 23.6. The molecule has 1 aliphatic carbocycles. The second kappa shape index (κ2) is 10.3. The molecule has 1 aromatic carbocycles. The van der Waals surface area contributed by atoms with Crippen LogP contribution in [0.15, 0.2) is 130 Å². The molecule has 8 aromatic rings. The van der Waals surface area contributed by atoms with E-state index in [-0.39, 0.29) is 0 Å². The van der Waals surface area contributed by atoms with Crippen molar-refractivity contribution in [3.63, 3.8) is 0 Å². The van der Waals surface area contributed by atoms with Crippen molar-refractivity contribution in [3.8, 4) is 0 Å². The Kier molecular flexibility index (Phi) is 5.97. The fraction of sp³-hybridized carbons (Fsp3) is 0.0571. The van der Waals surface area contributed by atoms with Gasteiger partial charge in [0.2, 0.25) is 5.89 Å². The van der Waals surface area contributed by atoms with E-state index in [2.05, 4.69) is 68.9 Å². The molecule has 7 heterocycles. The van der Waals surface area contributed by atoms with Crippen LogP contribution in [0.2, 0.25) is 0 Å². The van der Waals surface area contributed by atoms with Crippen LogP contribution in [0.25, 0.3) is 33.2 Å². The minimum absolute atomic E-state index is 0.520. The second-order valence-electron chi connectivity index (χ2n) is 10.7. The SMILES string of the molecule is c1c[nH]c(C2(c3nccs3)C(c3cc4ccccc4[nH]3)=C(c3cccs3)C(c3ccco3)=C(c3ncc[nH]3)C2c2ncco2)c1. The van der Waals surface area contributed by atoms with Crippen LogP contribution in [0.3, 0.4) is 0 Å². The van der Waals surface area contributed by atoms with Crippen LogP contribution in [-0.4, -0.2) is 29.9 Å². The number of oxazole rings is 1. The van der Waals surface area contributed by atoms with E-state index in [0.717, 1.165) is 54.5 Å². The van der Waals surface area contributed by atoms with Gasteiger partial charge < -0.3 is 23.8 Å². The normalized spacial score (nSPS) is 18.8. The molecule has 0 bridgehead atoms. The zero-order chi connectivity index (χ0) is 29.8. The second-order valence-corrected chi connectivity index (χ2v) is 12.6. The predicted octanol–water partition coefficient (Wildman–Crippen LogP) is 8.62. The van der Waals surface area contributed by atoms with Crippen molar-refractivity contribution in [1.29, 1.82) is 0 Å². The summed E-state index contributed by atoms with van der Waals surface area (Å²) in [5.74, 6) is 1.43. The molecule has 9 rings (SSSR count). The summed E-state index contributed by atoms with van der Waals surface area (Å²) < 4.78 is 12.6. The maximum absolute atomic E-state index is 6.30. The number of thiazole rings is 1. The lowest BCUT2D eigenvalue weighted by atomic mass is 9.58. The summed E-state index contributed by atoms with van der Waals surface area (Å²) in [7, 11) is 0. The van der Waals surface area contributed by atoms with Crippen molar-refractivity contribution >= 4 is 55.9 Å². The Bertz CT molecular complexity index is 2190. The third-order valence-corrected chi connectivity index (χ3v) is 10.3. The Morgan fingerprint density at radius 3 is 2.44 bits per heavy atom. The summed E-state index contributed by atoms with van der Waals surface area (Å²) in [6, 6.07) is 22.9. The molecule has 0 fully saturated rings. The molecule has 1 aliphatic rings. The fourth-order valence-electron chi connectivity index (χ4n) is 6.84. The molecule has 0 saturated heterocycles. The monoisotopic (exact) mass is 624 g/mol. The van der Waals surface area contributed by atoms with E-state index in [0.29, 0.717) is 17.5 Å². The van der Waals surface area contributed by atoms with Crippen molar-refractivity contribution in [2.45, 2.75) is 11.3 Å². The topological polar surface area (TPSA) is 112 Å². The van der Waals surface area contributed by atoms with Gasteiger partial charge in [0.15, 0.2) is 0 Å². The number of para-hydroxylation sites is 1. The molecule has 0 saturated carbocycles. The number of thiophene rings is 1. The molecule has 8 nitrogen and oxygen atoms in total. The van der Waals surface area contributed by atoms with E-state index in [9.17, 15) is 0 Å². The molecule has 2 atom stereocenters. The van der Waals surface area contributed by atoms with Crippen LogP contribution >= 0.6 is 22.7 Å². The molecule has 2 unspecified atom stereocenters. The zero-order valence-corrected chi connectivity index (χ0v) is 25.2. The summed E-state index contributed by atoms with van der Waals surface area (Å²) in [5, 5.41) is 6.13. The average molecular weight is 625 g/mol. The van der Waals surface area contributed by atoms with Crippen LogP contribution in [-0.2, 0) is 5.41 Å². The van der Waals surface area contributed by atoms with Gasteiger partial charge in [0, 0.05) is 74.2 Å². The third-order valence-electron chi connectivity index (χ3n) is 8.46. The van der Waals surface area contributed by atoms with E-state index in [1.165, 1.54) is 0 Å². The quantitative estimate of drug-likeness (QED) is 0.164. The number of hydrogen-bond acceptors (Lipinski definition) is 7. The van der Waals surface area contributed by atoms with Crippen LogP contribution in [0, 0.1) is 0 Å². The molecular weight excluding hydrogens is 601 g/mol. The summed E-state index contributed by atoms with van der Waals surface area (Å²) in [4.78, 5) is 26.7. The summed E-state index contributed by atoms with van der Waals surface area (Å²) in [5.41, 5.74) is 5.86. The molecule has 0 spiro atoms. The number of allylic oxidation sites excluding steroid dienone is 4. The van der Waals surface area contributed by atoms with Gasteiger partial charge in [-0.05, 0) is 53.2 Å². The van der Waals surface area contributed by atoms with E-state index in [1.807, 2.05) is 42.2 Å². The molecule has 45 heavy (non-hydrogen) atoms. The van der Waals surface area contributed by atoms with Crippen molar-refractivity contribution in [3.05, 3.63) is 160 Å². The summed E-state index contributed by atoms with van der Waals surface area (Å²) in [6.45, 7) is 0. The van der Waals surface area contributed by atoms with Crippen molar-refractivity contribution in [2.24, 2.45) is 0 Å². The van der Waals surface area contributed by atoms with Gasteiger partial charge in [0.05, 0.1) is 18.4 Å². The number of nitrogens with zero attached hydrogens (tertiary/aromatic N) is 3. The fourth-order valence-corrected chi connectivity index (χ4v) is 8.52. The first-order valence-electron chi connectivity index (χ1n) is 14.4. The number of imidazole rings is 1. The van der Waals surface area contributed by atoms with Crippen molar-refractivity contribution in [1.82, 2.24) is 29.9 Å². The highest BCUT2D eigenvalue weighted by atomic mass is 32.1. The van der Waals surface area contributed by atoms with Crippen LogP contribution in [0.4, 0.5) is 0 Å². The smallest absolute Gasteiger partial charge is 0.203 e. The van der Waals surface area contributed by atoms with Crippen molar-refractivity contribution < 1.29 is 8.83 Å². The van der Waals surface area contributed by atoms with Crippen LogP contribution < -0.4 is 0 Å². The molecular formula is C35H24N6O2S2. The largest absolute Gasteiger partial charge is 0.464 e. The van der Waals surface area contributed by atoms with Gasteiger partial charge in [-0.25, -0.2) is 15.0 Å². The third kappa shape index (κ3) is 3.86. The van der Waals surface area contributed by atoms with E-state index in [4.69, 9.17) is 23.8 Å². The first-order valence-corrected chi connectivity index (χ1v) is 16.2. The Morgan fingerprint density at radius 2 is 1.73 bits per heavy atom. The predicted molar refractivity (Wildman–Crippen MR) is 176 cm³/mol. The van der Waals surface area contributed by atoms with Gasteiger partial charge in [0.1, 0.15) is 28.3 Å². The number of nitrogens with one attached hydrogen (secondary N) is 3. The molecule has 218 valence electrons. The molecule has 7 aromatic heterocycles. The maximum Gasteiger partial charge on any atom is 0.203 e. The van der Waals surface area contributed by atoms with Crippen LogP contribution in [0.5, 0.6) is 0 Å². The Hall–Kier alpha value is -5.45. The number of hydrogen-bond donors (Lipinski definition) is 3. The first-order chi connectivity index (χ1) is 22.3. The number of furan rings is 1. The first kappa shape index (κ1) is 26.0. The van der Waals surface area contributed by atoms with Crippen molar-refractivity contribution in [2.75, 3.05) is 0 Å². The lowest BCUT2D eigenvalue weighted by Gasteiger charge is -2.45. The van der Waals surface area contributed by atoms with Crippen LogP contribution in [0.1, 0.15) is 44.7 Å². The standard InChI is InChI=1S/C35H24N6O2S2/c1-2-7-22-21(6-1)20-23(41-22)30-28(25-9-5-18-44-25)27(24-8-4-16-42-24)29(32-37-12-13-38-32)31(33-39-14-17-43-33)35(30,26-10-3-11-36-26)34-40-15-19-45-34/h1-20,31,36,41H,(H,37,38). The van der Waals surface area contributed by atoms with Gasteiger partial charge in [0.25, 0.3) is 0 Å². The number of aromatic amines is 3. The van der Waals surface area contributed by atoms with E-state index >= 15 is 0 Å². The highest BCUT2D eigenvalue weighted by Gasteiger charge is 2.58. The average Bonchev–Trinajstić information content (AvgIpc) is 3.93. The Morgan fingerprint density at radius 1 is 0.756 bits per heavy atom. The minimum atomic E-state index is -0.944. The van der Waals surface area contributed by atoms with Gasteiger partial charge in [-0.3, -0.25) is 0 Å². The Labute approximate surface area is 264 Å². The highest BCUT2D eigenvalue weighted by molar-refractivity contribution is 7.11. The van der Waals surface area contributed by atoms with Gasteiger partial charge >= 0.3 is 0 Å². The van der Waals surface area contributed by atoms with E-state index in [1.54, 1.807) is 47.6 Å². The Balaban J connectivity index is 1.57. The molecule has 0 amide bonds. The maximum atomic E-state index is 6.30. The van der Waals surface area contributed by atoms with E-state index < -0.39 is 11.3 Å². The number of H-pyrrole nitrogens is 3. The van der Waals surface area contributed by atoms with Gasteiger partial charge in [-0.1, -0.05) is 24.3 Å². The summed E-state index contributed by atoms with van der Waals surface area (Å²) >= 11 is 3.29. The number of rotatable bonds is 7. The van der Waals surface area contributed by atoms with Gasteiger partial charge in [-0.2, -0.15) is 0 Å². The van der Waals surface area contributed by atoms with Gasteiger partial charge in [-0.15, -0.1) is 22.7 Å². The number of benzene rings is 1. The lowest BCUT2D eigenvalue weighted by Crippen LogP contribution is -2.41. The minimum Gasteiger partial charge on any atom is -0.464 e. The molecule has 0 radical (unpaired) electrons. The number of aromatic nitrogens is 6. The molecule has 0 aliphatic heterocycles. The highest BCUT2D eigenvalue weighted by Crippen LogP contribution is 2.65. The lowest BCUT2D eigenvalue weighted by molar-refractivity contribution is 0.428. The molecule has 3 N–H and O–H groups in total.